The predicted octanol–water partition coefficient (Wildman–Crippen LogP) is 3.17. The van der Waals surface area contributed by atoms with E-state index in [1.54, 1.807) is 0 Å². The first-order valence-corrected chi connectivity index (χ1v) is 8.42. The van der Waals surface area contributed by atoms with Gasteiger partial charge < -0.3 is 5.32 Å². The van der Waals surface area contributed by atoms with Gasteiger partial charge in [-0.1, -0.05) is 23.2 Å². The molecule has 0 bridgehead atoms. The molecule has 2 rings (SSSR count). The zero-order chi connectivity index (χ0) is 19.8. The highest BCUT2D eigenvalue weighted by atomic mass is 35.5. The number of benzene rings is 2. The number of rotatable bonds is 7. The summed E-state index contributed by atoms with van der Waals surface area (Å²) in [6.07, 6.45) is 1.38. The van der Waals surface area contributed by atoms with E-state index in [0.29, 0.717) is 16.1 Å². The smallest absolute Gasteiger partial charge is 0.269 e. The number of hydrogen-bond donors (Lipinski definition) is 2. The van der Waals surface area contributed by atoms with Crippen molar-refractivity contribution in [3.8, 4) is 0 Å². The second-order valence-electron chi connectivity index (χ2n) is 5.28. The Balaban J connectivity index is 1.74. The number of nitro groups is 1. The highest BCUT2D eigenvalue weighted by Gasteiger charge is 2.08. The van der Waals surface area contributed by atoms with E-state index in [4.69, 9.17) is 23.2 Å². The van der Waals surface area contributed by atoms with Crippen LogP contribution in [0.2, 0.25) is 10.0 Å². The maximum Gasteiger partial charge on any atom is 0.269 e. The molecule has 2 N–H and O–H groups in total. The third-order valence-electron chi connectivity index (χ3n) is 3.33. The number of hydrogen-bond acceptors (Lipinski definition) is 5. The van der Waals surface area contributed by atoms with Crippen LogP contribution < -0.4 is 10.7 Å². The molecule has 0 heterocycles. The summed E-state index contributed by atoms with van der Waals surface area (Å²) in [7, 11) is 0. The zero-order valence-corrected chi connectivity index (χ0v) is 15.3. The van der Waals surface area contributed by atoms with Gasteiger partial charge >= 0.3 is 0 Å². The molecule has 2 amide bonds. The fraction of sp³-hybridized carbons (Fsp3) is 0.118. The lowest BCUT2D eigenvalue weighted by atomic mass is 10.2. The highest BCUT2D eigenvalue weighted by molar-refractivity contribution is 6.42. The Morgan fingerprint density at radius 1 is 1.11 bits per heavy atom. The Hall–Kier alpha value is -2.97. The van der Waals surface area contributed by atoms with Crippen LogP contribution in [0.4, 0.5) is 5.69 Å². The molecular weight excluding hydrogens is 395 g/mol. The van der Waals surface area contributed by atoms with Gasteiger partial charge in [-0.05, 0) is 35.9 Å². The van der Waals surface area contributed by atoms with Crippen LogP contribution in [-0.4, -0.2) is 29.5 Å². The van der Waals surface area contributed by atoms with Crippen LogP contribution in [0.3, 0.4) is 0 Å². The van der Waals surface area contributed by atoms with Crippen molar-refractivity contribution < 1.29 is 14.5 Å². The molecule has 0 atom stereocenters. The molecule has 0 aliphatic rings. The Kier molecular flexibility index (Phi) is 7.27. The van der Waals surface area contributed by atoms with E-state index in [1.165, 1.54) is 48.7 Å². The van der Waals surface area contributed by atoms with Gasteiger partial charge in [0.15, 0.2) is 0 Å². The Morgan fingerprint density at radius 2 is 1.81 bits per heavy atom. The summed E-state index contributed by atoms with van der Waals surface area (Å²) >= 11 is 11.6. The first-order chi connectivity index (χ1) is 12.9. The predicted molar refractivity (Wildman–Crippen MR) is 102 cm³/mol. The number of nitrogens with zero attached hydrogens (tertiary/aromatic N) is 2. The number of nitrogens with one attached hydrogen (secondary N) is 2. The molecule has 0 saturated carbocycles. The van der Waals surface area contributed by atoms with Gasteiger partial charge in [0, 0.05) is 30.7 Å². The van der Waals surface area contributed by atoms with Crippen LogP contribution in [0.15, 0.2) is 47.6 Å². The molecule has 0 fully saturated rings. The molecule has 27 heavy (non-hydrogen) atoms. The van der Waals surface area contributed by atoms with Gasteiger partial charge in [-0.3, -0.25) is 19.7 Å². The maximum absolute atomic E-state index is 11.9. The lowest BCUT2D eigenvalue weighted by Gasteiger charge is -2.05. The van der Waals surface area contributed by atoms with Crippen molar-refractivity contribution in [2.45, 2.75) is 6.42 Å². The van der Waals surface area contributed by atoms with Crippen LogP contribution in [-0.2, 0) is 4.79 Å². The zero-order valence-electron chi connectivity index (χ0n) is 13.8. The van der Waals surface area contributed by atoms with Gasteiger partial charge in [-0.25, -0.2) is 5.43 Å². The number of halogens is 2. The van der Waals surface area contributed by atoms with Crippen molar-refractivity contribution >= 4 is 46.9 Å². The minimum atomic E-state index is -0.505. The molecule has 0 spiro atoms. The van der Waals surface area contributed by atoms with E-state index < -0.39 is 10.8 Å². The van der Waals surface area contributed by atoms with Gasteiger partial charge in [0.1, 0.15) is 0 Å². The van der Waals surface area contributed by atoms with E-state index >= 15 is 0 Å². The number of nitro benzene ring substituents is 1. The second-order valence-corrected chi connectivity index (χ2v) is 6.09. The van der Waals surface area contributed by atoms with Gasteiger partial charge in [-0.15, -0.1) is 0 Å². The van der Waals surface area contributed by atoms with Crippen molar-refractivity contribution in [3.63, 3.8) is 0 Å². The molecule has 2 aromatic carbocycles. The average Bonchev–Trinajstić information content (AvgIpc) is 2.64. The first-order valence-electron chi connectivity index (χ1n) is 7.66. The maximum atomic E-state index is 11.9. The van der Waals surface area contributed by atoms with Crippen LogP contribution in [0.1, 0.15) is 22.3 Å². The molecule has 0 aromatic heterocycles. The molecule has 0 unspecified atom stereocenters. The summed E-state index contributed by atoms with van der Waals surface area (Å²) in [5, 5.41) is 17.5. The number of amides is 2. The molecule has 10 heteroatoms. The van der Waals surface area contributed by atoms with Crippen LogP contribution in [0, 0.1) is 10.1 Å². The first kappa shape index (κ1) is 20.3. The molecule has 140 valence electrons. The molecule has 8 nitrogen and oxygen atoms in total. The highest BCUT2D eigenvalue weighted by Crippen LogP contribution is 2.22. The van der Waals surface area contributed by atoms with Crippen LogP contribution >= 0.6 is 23.2 Å². The van der Waals surface area contributed by atoms with Crippen molar-refractivity contribution in [2.75, 3.05) is 6.54 Å². The van der Waals surface area contributed by atoms with Crippen molar-refractivity contribution in [3.05, 3.63) is 73.8 Å². The Bertz CT molecular complexity index is 885. The Labute approximate surface area is 164 Å². The number of hydrazone groups is 1. The third kappa shape index (κ3) is 6.36. The van der Waals surface area contributed by atoms with E-state index in [-0.39, 0.29) is 29.6 Å². The number of non-ortho nitro benzene ring substituents is 1. The summed E-state index contributed by atoms with van der Waals surface area (Å²) in [6, 6.07) is 10.2. The monoisotopic (exact) mass is 408 g/mol. The molecule has 0 saturated heterocycles. The van der Waals surface area contributed by atoms with Crippen molar-refractivity contribution in [2.24, 2.45) is 5.10 Å². The molecule has 0 aliphatic heterocycles. The fourth-order valence-electron chi connectivity index (χ4n) is 1.95. The van der Waals surface area contributed by atoms with Gasteiger partial charge in [0.25, 0.3) is 11.6 Å². The summed E-state index contributed by atoms with van der Waals surface area (Å²) in [6.45, 7) is 0.109. The lowest BCUT2D eigenvalue weighted by Crippen LogP contribution is -2.29. The molecular formula is C17H14Cl2N4O4. The summed E-state index contributed by atoms with van der Waals surface area (Å²) in [5.74, 6) is -0.779. The standard InChI is InChI=1S/C17H14Cl2N4O4/c18-14-6-3-12(9-15(14)19)17(25)20-8-7-16(24)22-21-10-11-1-4-13(5-2-11)23(26)27/h1-6,9-10H,7-8H2,(H,20,25)(H,22,24). The normalized spacial score (nSPS) is 10.6. The van der Waals surface area contributed by atoms with Crippen LogP contribution in [0.5, 0.6) is 0 Å². The molecule has 0 aliphatic carbocycles. The fourth-order valence-corrected chi connectivity index (χ4v) is 2.24. The van der Waals surface area contributed by atoms with E-state index in [2.05, 4.69) is 15.8 Å². The van der Waals surface area contributed by atoms with Gasteiger partial charge in [0.2, 0.25) is 5.91 Å². The quantitative estimate of drug-likeness (QED) is 0.415. The van der Waals surface area contributed by atoms with Gasteiger partial charge in [0.05, 0.1) is 21.2 Å². The lowest BCUT2D eigenvalue weighted by molar-refractivity contribution is -0.384. The van der Waals surface area contributed by atoms with Crippen molar-refractivity contribution in [1.82, 2.24) is 10.7 Å². The number of carbonyl (C=O) groups is 2. The van der Waals surface area contributed by atoms with E-state index in [9.17, 15) is 19.7 Å². The van der Waals surface area contributed by atoms with Gasteiger partial charge in [-0.2, -0.15) is 5.10 Å². The van der Waals surface area contributed by atoms with E-state index in [0.717, 1.165) is 0 Å². The summed E-state index contributed by atoms with van der Waals surface area (Å²) in [5.41, 5.74) is 3.20. The van der Waals surface area contributed by atoms with Crippen LogP contribution in [0.25, 0.3) is 0 Å². The minimum absolute atomic E-state index is 0.0185. The number of carbonyl (C=O) groups excluding carboxylic acids is 2. The van der Waals surface area contributed by atoms with E-state index in [1.807, 2.05) is 0 Å². The molecule has 0 radical (unpaired) electrons. The minimum Gasteiger partial charge on any atom is -0.352 e. The molecule has 2 aromatic rings. The SMILES string of the molecule is O=C(CCNC(=O)c1ccc(Cl)c(Cl)c1)NN=Cc1ccc([N+](=O)[O-])cc1. The van der Waals surface area contributed by atoms with Crippen molar-refractivity contribution in [1.29, 1.82) is 0 Å². The largest absolute Gasteiger partial charge is 0.352 e. The second kappa shape index (κ2) is 9.65. The average molecular weight is 409 g/mol. The third-order valence-corrected chi connectivity index (χ3v) is 4.07. The summed E-state index contributed by atoms with van der Waals surface area (Å²) in [4.78, 5) is 33.7. The topological polar surface area (TPSA) is 114 Å². The Morgan fingerprint density at radius 3 is 2.44 bits per heavy atom. The summed E-state index contributed by atoms with van der Waals surface area (Å²) < 4.78 is 0.